The largest absolute Gasteiger partial charge is 0.497 e. The van der Waals surface area contributed by atoms with Crippen LogP contribution >= 0.6 is 0 Å². The molecule has 150 valence electrons. The monoisotopic (exact) mass is 390 g/mol. The molecule has 1 heterocycles. The molecular formula is C21H24F2N2O3. The molecule has 0 aromatic heterocycles. The van der Waals surface area contributed by atoms with Gasteiger partial charge in [-0.05, 0) is 37.1 Å². The van der Waals surface area contributed by atoms with Crippen LogP contribution in [-0.4, -0.2) is 41.7 Å². The Morgan fingerprint density at radius 3 is 2.68 bits per heavy atom. The number of piperidine rings is 1. The molecule has 1 aliphatic rings. The SMILES string of the molecule is COc1ccc(F)c(CN2CCCC(O)(CNCc3ccccc3F)C2=O)c1. The number of methoxy groups -OCH3 is 1. The number of ether oxygens (including phenoxy) is 1. The zero-order chi connectivity index (χ0) is 20.1. The van der Waals surface area contributed by atoms with E-state index in [9.17, 15) is 18.7 Å². The van der Waals surface area contributed by atoms with Crippen LogP contribution in [0.15, 0.2) is 42.5 Å². The minimum Gasteiger partial charge on any atom is -0.497 e. The molecule has 28 heavy (non-hydrogen) atoms. The first-order chi connectivity index (χ1) is 13.4. The van der Waals surface area contributed by atoms with E-state index in [-0.39, 0.29) is 25.5 Å². The lowest BCUT2D eigenvalue weighted by molar-refractivity contribution is -0.157. The normalized spacial score (nSPS) is 19.7. The van der Waals surface area contributed by atoms with Gasteiger partial charge in [-0.3, -0.25) is 4.79 Å². The Kier molecular flexibility index (Phi) is 6.26. The number of rotatable bonds is 7. The van der Waals surface area contributed by atoms with Crippen molar-refractivity contribution < 1.29 is 23.4 Å². The third-order valence-electron chi connectivity index (χ3n) is 5.01. The highest BCUT2D eigenvalue weighted by Gasteiger charge is 2.41. The summed E-state index contributed by atoms with van der Waals surface area (Å²) in [6.45, 7) is 0.687. The van der Waals surface area contributed by atoms with E-state index in [4.69, 9.17) is 4.74 Å². The number of nitrogens with zero attached hydrogens (tertiary/aromatic N) is 1. The predicted octanol–water partition coefficient (Wildman–Crippen LogP) is 2.62. The highest BCUT2D eigenvalue weighted by Crippen LogP contribution is 2.26. The van der Waals surface area contributed by atoms with Crippen LogP contribution in [0.4, 0.5) is 8.78 Å². The van der Waals surface area contributed by atoms with E-state index in [1.807, 2.05) is 0 Å². The van der Waals surface area contributed by atoms with Crippen molar-refractivity contribution >= 4 is 5.91 Å². The van der Waals surface area contributed by atoms with Crippen molar-refractivity contribution in [1.82, 2.24) is 10.2 Å². The van der Waals surface area contributed by atoms with Gasteiger partial charge in [-0.2, -0.15) is 0 Å². The molecule has 1 fully saturated rings. The maximum Gasteiger partial charge on any atom is 0.256 e. The van der Waals surface area contributed by atoms with Gasteiger partial charge in [-0.15, -0.1) is 0 Å². The molecule has 0 aliphatic carbocycles. The Labute approximate surface area is 162 Å². The summed E-state index contributed by atoms with van der Waals surface area (Å²) in [4.78, 5) is 14.3. The minimum absolute atomic E-state index is 0.00272. The smallest absolute Gasteiger partial charge is 0.256 e. The zero-order valence-electron chi connectivity index (χ0n) is 15.8. The summed E-state index contributed by atoms with van der Waals surface area (Å²) < 4.78 is 32.9. The summed E-state index contributed by atoms with van der Waals surface area (Å²) in [5.41, 5.74) is -0.806. The Morgan fingerprint density at radius 2 is 1.93 bits per heavy atom. The van der Waals surface area contributed by atoms with Gasteiger partial charge in [-0.1, -0.05) is 18.2 Å². The first-order valence-electron chi connectivity index (χ1n) is 9.21. The minimum atomic E-state index is -1.60. The summed E-state index contributed by atoms with van der Waals surface area (Å²) in [6, 6.07) is 10.7. The summed E-state index contributed by atoms with van der Waals surface area (Å²) in [6.07, 6.45) is 0.891. The molecule has 0 radical (unpaired) electrons. The molecule has 7 heteroatoms. The number of hydrogen-bond acceptors (Lipinski definition) is 4. The third-order valence-corrected chi connectivity index (χ3v) is 5.01. The Bertz CT molecular complexity index is 846. The van der Waals surface area contributed by atoms with Crippen molar-refractivity contribution in [2.24, 2.45) is 0 Å². The highest BCUT2D eigenvalue weighted by atomic mass is 19.1. The molecule has 0 saturated carbocycles. The van der Waals surface area contributed by atoms with Crippen molar-refractivity contribution in [2.75, 3.05) is 20.2 Å². The number of hydrogen-bond donors (Lipinski definition) is 2. The maximum atomic E-state index is 14.1. The molecule has 2 aromatic carbocycles. The van der Waals surface area contributed by atoms with E-state index in [1.54, 1.807) is 24.3 Å². The van der Waals surface area contributed by atoms with Crippen LogP contribution in [0.2, 0.25) is 0 Å². The zero-order valence-corrected chi connectivity index (χ0v) is 15.8. The molecule has 1 saturated heterocycles. The Morgan fingerprint density at radius 1 is 1.18 bits per heavy atom. The fraction of sp³-hybridized carbons (Fsp3) is 0.381. The summed E-state index contributed by atoms with van der Waals surface area (Å²) >= 11 is 0. The average Bonchev–Trinajstić information content (AvgIpc) is 2.69. The van der Waals surface area contributed by atoms with Crippen LogP contribution < -0.4 is 10.1 Å². The first kappa shape index (κ1) is 20.2. The Balaban J connectivity index is 1.65. The van der Waals surface area contributed by atoms with Crippen LogP contribution in [0.3, 0.4) is 0 Å². The molecule has 1 aliphatic heterocycles. The van der Waals surface area contributed by atoms with Gasteiger partial charge in [0.05, 0.1) is 7.11 Å². The fourth-order valence-corrected chi connectivity index (χ4v) is 3.43. The van der Waals surface area contributed by atoms with E-state index in [0.29, 0.717) is 36.3 Å². The summed E-state index contributed by atoms with van der Waals surface area (Å²) in [5, 5.41) is 13.8. The number of carbonyl (C=O) groups excluding carboxylic acids is 1. The van der Waals surface area contributed by atoms with Gasteiger partial charge < -0.3 is 20.1 Å². The van der Waals surface area contributed by atoms with Crippen LogP contribution in [-0.2, 0) is 17.9 Å². The molecule has 1 atom stereocenters. The van der Waals surface area contributed by atoms with Crippen LogP contribution in [0.25, 0.3) is 0 Å². The molecular weight excluding hydrogens is 366 g/mol. The topological polar surface area (TPSA) is 61.8 Å². The number of amides is 1. The number of carbonyl (C=O) groups is 1. The molecule has 2 aromatic rings. The van der Waals surface area contributed by atoms with Crippen molar-refractivity contribution in [3.63, 3.8) is 0 Å². The van der Waals surface area contributed by atoms with E-state index in [2.05, 4.69) is 5.32 Å². The van der Waals surface area contributed by atoms with Gasteiger partial charge in [0.15, 0.2) is 5.60 Å². The van der Waals surface area contributed by atoms with Gasteiger partial charge in [0.25, 0.3) is 5.91 Å². The van der Waals surface area contributed by atoms with Gasteiger partial charge in [0, 0.05) is 37.3 Å². The predicted molar refractivity (Wildman–Crippen MR) is 101 cm³/mol. The van der Waals surface area contributed by atoms with Gasteiger partial charge in [0.2, 0.25) is 0 Å². The number of likely N-dealkylation sites (tertiary alicyclic amines) is 1. The number of aliphatic hydroxyl groups is 1. The number of benzene rings is 2. The standard InChI is InChI=1S/C21H24F2N2O3/c1-28-17-7-8-19(23)16(11-17)13-25-10-4-9-21(27,20(25)26)14-24-12-15-5-2-3-6-18(15)22/h2-3,5-8,11,24,27H,4,9-10,12-14H2,1H3. The maximum absolute atomic E-state index is 14.1. The van der Waals surface area contributed by atoms with Crippen molar-refractivity contribution in [2.45, 2.75) is 31.5 Å². The quantitative estimate of drug-likeness (QED) is 0.763. The third kappa shape index (κ3) is 4.48. The van der Waals surface area contributed by atoms with E-state index in [0.717, 1.165) is 0 Å². The molecule has 0 bridgehead atoms. The lowest BCUT2D eigenvalue weighted by Crippen LogP contribution is -2.57. The van der Waals surface area contributed by atoms with E-state index in [1.165, 1.54) is 30.2 Å². The fourth-order valence-electron chi connectivity index (χ4n) is 3.43. The second-order valence-corrected chi connectivity index (χ2v) is 7.01. The number of halogens is 2. The molecule has 1 unspecified atom stereocenters. The molecule has 1 amide bonds. The lowest BCUT2D eigenvalue weighted by atomic mass is 9.91. The summed E-state index contributed by atoms with van der Waals surface area (Å²) in [5.74, 6) is -0.725. The highest BCUT2D eigenvalue weighted by molar-refractivity contribution is 5.86. The molecule has 0 spiro atoms. The lowest BCUT2D eigenvalue weighted by Gasteiger charge is -2.38. The van der Waals surface area contributed by atoms with Crippen LogP contribution in [0.5, 0.6) is 5.75 Å². The second-order valence-electron chi connectivity index (χ2n) is 7.01. The molecule has 2 N–H and O–H groups in total. The van der Waals surface area contributed by atoms with Crippen molar-refractivity contribution in [1.29, 1.82) is 0 Å². The van der Waals surface area contributed by atoms with Crippen molar-refractivity contribution in [3.05, 3.63) is 65.2 Å². The van der Waals surface area contributed by atoms with Crippen LogP contribution in [0.1, 0.15) is 24.0 Å². The van der Waals surface area contributed by atoms with Crippen LogP contribution in [0, 0.1) is 11.6 Å². The van der Waals surface area contributed by atoms with Gasteiger partial charge >= 0.3 is 0 Å². The molecule has 3 rings (SSSR count). The number of nitrogens with one attached hydrogen (secondary N) is 1. The molecule has 5 nitrogen and oxygen atoms in total. The van der Waals surface area contributed by atoms with E-state index >= 15 is 0 Å². The Hall–Kier alpha value is -2.51. The van der Waals surface area contributed by atoms with E-state index < -0.39 is 17.3 Å². The average molecular weight is 390 g/mol. The van der Waals surface area contributed by atoms with Gasteiger partial charge in [0.1, 0.15) is 17.4 Å². The van der Waals surface area contributed by atoms with Crippen molar-refractivity contribution in [3.8, 4) is 5.75 Å². The second kappa shape index (κ2) is 8.67. The van der Waals surface area contributed by atoms with Gasteiger partial charge in [-0.25, -0.2) is 8.78 Å². The summed E-state index contributed by atoms with van der Waals surface area (Å²) in [7, 11) is 1.49. The first-order valence-corrected chi connectivity index (χ1v) is 9.21.